The molecule has 11 aromatic rings. The summed E-state index contributed by atoms with van der Waals surface area (Å²) in [5.41, 5.74) is 13.8. The number of hydrogen-bond donors (Lipinski definition) is 0. The van der Waals surface area contributed by atoms with Gasteiger partial charge in [-0.25, -0.2) is 0 Å². The second-order valence-corrected chi connectivity index (χ2v) is 24.6. The van der Waals surface area contributed by atoms with Crippen molar-refractivity contribution >= 4 is 113 Å². The third-order valence-electron chi connectivity index (χ3n) is 13.4. The van der Waals surface area contributed by atoms with E-state index in [1.165, 1.54) is 21.9 Å². The first kappa shape index (κ1) is 40.7. The number of aryl methyl sites for hydroxylation is 1. The van der Waals surface area contributed by atoms with Crippen molar-refractivity contribution in [1.82, 2.24) is 0 Å². The van der Waals surface area contributed by atoms with E-state index in [9.17, 15) is 0 Å². The maximum atomic E-state index is 7.02. The molecule has 320 valence electrons. The highest BCUT2D eigenvalue weighted by atomic mass is 28.3. The Bertz CT molecular complexity index is 3570. The van der Waals surface area contributed by atoms with Crippen LogP contribution in [-0.4, -0.2) is 8.07 Å². The predicted octanol–water partition coefficient (Wildman–Crippen LogP) is 17.8. The fourth-order valence-corrected chi connectivity index (χ4v) is 10.9. The van der Waals surface area contributed by atoms with E-state index in [1.54, 1.807) is 0 Å². The molecule has 0 amide bonds. The Kier molecular flexibility index (Phi) is 9.74. The molecule has 0 radical (unpaired) electrons. The molecule has 0 aliphatic rings. The highest BCUT2D eigenvalue weighted by Crippen LogP contribution is 2.48. The van der Waals surface area contributed by atoms with Crippen molar-refractivity contribution in [2.24, 2.45) is 0 Å². The van der Waals surface area contributed by atoms with Crippen molar-refractivity contribution in [1.29, 1.82) is 0 Å². The fourth-order valence-electron chi connectivity index (χ4n) is 9.78. The average molecular weight is 863 g/mol. The number of nitrogens with zero attached hydrogens (tertiary/aromatic N) is 2. The van der Waals surface area contributed by atoms with Crippen molar-refractivity contribution in [3.63, 3.8) is 0 Å². The summed E-state index contributed by atoms with van der Waals surface area (Å²) >= 11 is 0. The lowest BCUT2D eigenvalue weighted by molar-refractivity contribution is 0.664. The summed E-state index contributed by atoms with van der Waals surface area (Å²) in [6.45, 7) is 18.3. The molecule has 0 saturated carbocycles. The van der Waals surface area contributed by atoms with Gasteiger partial charge < -0.3 is 18.6 Å². The lowest BCUT2D eigenvalue weighted by atomic mass is 9.98. The summed E-state index contributed by atoms with van der Waals surface area (Å²) < 4.78 is 14.0. The third kappa shape index (κ3) is 6.97. The minimum absolute atomic E-state index is 0.444. The summed E-state index contributed by atoms with van der Waals surface area (Å²) in [5, 5.41) is 10.3. The van der Waals surface area contributed by atoms with Gasteiger partial charge >= 0.3 is 0 Å². The second-order valence-electron chi connectivity index (χ2n) is 19.5. The van der Waals surface area contributed by atoms with Crippen LogP contribution in [0.1, 0.15) is 56.2 Å². The molecule has 4 nitrogen and oxygen atoms in total. The molecule has 9 aromatic carbocycles. The van der Waals surface area contributed by atoms with Gasteiger partial charge in [0.15, 0.2) is 0 Å². The Labute approximate surface area is 382 Å². The molecule has 11 rings (SSSR count). The highest BCUT2D eigenvalue weighted by molar-refractivity contribution is 6.88. The number of furan rings is 2. The van der Waals surface area contributed by atoms with Crippen molar-refractivity contribution in [3.05, 3.63) is 187 Å². The van der Waals surface area contributed by atoms with Gasteiger partial charge in [-0.15, -0.1) is 0 Å². The molecule has 0 aliphatic heterocycles. The SMILES string of the molecule is Cc1ccc(N(c2ccc(C(C)C)cc2)c2cc3oc4cc5c(cc4c3c3ccccc23)oc2cc(N(c3ccc(C(C)C)cc3)c3ccc([Si](C)(C)C)cc3)c3ccccc3c25)cc1. The second kappa shape index (κ2) is 15.6. The Morgan fingerprint density at radius 3 is 1.11 bits per heavy atom. The zero-order chi connectivity index (χ0) is 44.7. The van der Waals surface area contributed by atoms with Crippen LogP contribution >= 0.6 is 0 Å². The van der Waals surface area contributed by atoms with Crippen LogP contribution < -0.4 is 15.0 Å². The van der Waals surface area contributed by atoms with E-state index in [2.05, 4.69) is 234 Å². The molecule has 2 heterocycles. The summed E-state index contributed by atoms with van der Waals surface area (Å²) in [5.74, 6) is 0.891. The van der Waals surface area contributed by atoms with Crippen molar-refractivity contribution in [2.75, 3.05) is 9.80 Å². The quantitative estimate of drug-likeness (QED) is 0.135. The molecule has 5 heteroatoms. The van der Waals surface area contributed by atoms with Crippen LogP contribution in [0.25, 0.3) is 65.4 Å². The Morgan fingerprint density at radius 1 is 0.385 bits per heavy atom. The molecule has 65 heavy (non-hydrogen) atoms. The number of rotatable bonds is 9. The Balaban J connectivity index is 1.12. The maximum absolute atomic E-state index is 7.02. The zero-order valence-corrected chi connectivity index (χ0v) is 39.5. The van der Waals surface area contributed by atoms with Crippen molar-refractivity contribution < 1.29 is 8.83 Å². The lowest BCUT2D eigenvalue weighted by Crippen LogP contribution is -2.37. The Morgan fingerprint density at radius 2 is 0.738 bits per heavy atom. The maximum Gasteiger partial charge on any atom is 0.138 e. The standard InChI is InChI=1S/C60H54N2O2Si/c1-37(2)40-19-25-43(26-20-40)61(42-23-17-39(5)18-24-42)53-35-57-59(49-15-11-9-13-47(49)53)51-33-56-52(34-55(51)63-57)60-50-16-12-10-14-48(50)54(36-58(60)64-56)62(44-27-21-41(22-28-44)38(3)4)45-29-31-46(32-30-45)65(6,7)8/h9-38H,1-8H3. The third-order valence-corrected chi connectivity index (χ3v) is 15.5. The normalized spacial score (nSPS) is 12.3. The average Bonchev–Trinajstić information content (AvgIpc) is 3.86. The highest BCUT2D eigenvalue weighted by Gasteiger charge is 2.25. The molecule has 0 unspecified atom stereocenters. The van der Waals surface area contributed by atoms with Gasteiger partial charge in [0.05, 0.1) is 19.4 Å². The summed E-state index contributed by atoms with van der Waals surface area (Å²) in [6, 6.07) is 62.5. The molecule has 0 spiro atoms. The number of hydrogen-bond acceptors (Lipinski definition) is 4. The molecule has 0 N–H and O–H groups in total. The summed E-state index contributed by atoms with van der Waals surface area (Å²) in [7, 11) is -1.50. The van der Waals surface area contributed by atoms with Gasteiger partial charge in [0, 0.05) is 67.2 Å². The van der Waals surface area contributed by atoms with E-state index in [1.807, 2.05) is 0 Å². The van der Waals surface area contributed by atoms with E-state index in [4.69, 9.17) is 8.83 Å². The first-order valence-corrected chi connectivity index (χ1v) is 26.5. The largest absolute Gasteiger partial charge is 0.456 e. The molecule has 2 aromatic heterocycles. The minimum Gasteiger partial charge on any atom is -0.456 e. The van der Waals surface area contributed by atoms with Crippen LogP contribution in [0.4, 0.5) is 34.1 Å². The van der Waals surface area contributed by atoms with E-state index in [-0.39, 0.29) is 0 Å². The van der Waals surface area contributed by atoms with Crippen LogP contribution in [0.2, 0.25) is 19.6 Å². The van der Waals surface area contributed by atoms with Gasteiger partial charge in [-0.1, -0.05) is 155 Å². The van der Waals surface area contributed by atoms with Gasteiger partial charge in [-0.05, 0) is 101 Å². The predicted molar refractivity (Wildman–Crippen MR) is 281 cm³/mol. The van der Waals surface area contributed by atoms with Gasteiger partial charge in [0.25, 0.3) is 0 Å². The fraction of sp³-hybridized carbons (Fsp3) is 0.167. The smallest absolute Gasteiger partial charge is 0.138 e. The van der Waals surface area contributed by atoms with Crippen LogP contribution in [0.3, 0.4) is 0 Å². The molecular weight excluding hydrogens is 809 g/mol. The first-order chi connectivity index (χ1) is 31.4. The molecule has 0 saturated heterocycles. The van der Waals surface area contributed by atoms with Crippen LogP contribution in [0.5, 0.6) is 0 Å². The molecule has 0 bridgehead atoms. The van der Waals surface area contributed by atoms with Gasteiger partial charge in [-0.2, -0.15) is 0 Å². The molecule has 0 atom stereocenters. The van der Waals surface area contributed by atoms with Crippen LogP contribution in [0, 0.1) is 6.92 Å². The number of benzene rings is 9. The zero-order valence-electron chi connectivity index (χ0n) is 38.5. The van der Waals surface area contributed by atoms with Crippen molar-refractivity contribution in [2.45, 2.75) is 66.1 Å². The van der Waals surface area contributed by atoms with E-state index in [0.717, 1.165) is 99.5 Å². The molecular formula is C60H54N2O2Si. The lowest BCUT2D eigenvalue weighted by Gasteiger charge is -2.28. The number of fused-ring (bicyclic) bond motifs is 10. The summed E-state index contributed by atoms with van der Waals surface area (Å²) in [4.78, 5) is 4.76. The van der Waals surface area contributed by atoms with Crippen LogP contribution in [0.15, 0.2) is 179 Å². The van der Waals surface area contributed by atoms with E-state index in [0.29, 0.717) is 11.8 Å². The molecule has 0 fully saturated rings. The van der Waals surface area contributed by atoms with E-state index < -0.39 is 8.07 Å². The van der Waals surface area contributed by atoms with E-state index >= 15 is 0 Å². The first-order valence-electron chi connectivity index (χ1n) is 23.0. The molecule has 0 aliphatic carbocycles. The monoisotopic (exact) mass is 862 g/mol. The van der Waals surface area contributed by atoms with Gasteiger partial charge in [0.1, 0.15) is 22.3 Å². The summed E-state index contributed by atoms with van der Waals surface area (Å²) in [6.07, 6.45) is 0. The van der Waals surface area contributed by atoms with Gasteiger partial charge in [-0.3, -0.25) is 0 Å². The minimum atomic E-state index is -1.50. The Hall–Kier alpha value is -7.08. The number of anilines is 6. The topological polar surface area (TPSA) is 32.8 Å². The van der Waals surface area contributed by atoms with Gasteiger partial charge in [0.2, 0.25) is 0 Å². The van der Waals surface area contributed by atoms with Crippen LogP contribution in [-0.2, 0) is 0 Å². The van der Waals surface area contributed by atoms with Crippen molar-refractivity contribution in [3.8, 4) is 0 Å².